The zero-order valence-electron chi connectivity index (χ0n) is 24.8. The number of halogens is 5. The zero-order valence-corrected chi connectivity index (χ0v) is 25.6. The van der Waals surface area contributed by atoms with Crippen molar-refractivity contribution >= 4 is 34.2 Å². The summed E-state index contributed by atoms with van der Waals surface area (Å²) >= 11 is 1.11. The number of ether oxygens (including phenoxy) is 1. The van der Waals surface area contributed by atoms with Gasteiger partial charge >= 0.3 is 18.8 Å². The number of nitrogens with one attached hydrogen (secondary N) is 1. The third kappa shape index (κ3) is 8.24. The summed E-state index contributed by atoms with van der Waals surface area (Å²) in [6, 6.07) is 3.05. The number of anilines is 2. The van der Waals surface area contributed by atoms with E-state index < -0.39 is 36.0 Å². The van der Waals surface area contributed by atoms with E-state index in [1.807, 2.05) is 4.90 Å². The highest BCUT2D eigenvalue weighted by atomic mass is 32.1. The van der Waals surface area contributed by atoms with Gasteiger partial charge in [-0.15, -0.1) is 0 Å². The fourth-order valence-electron chi connectivity index (χ4n) is 5.46. The van der Waals surface area contributed by atoms with Gasteiger partial charge in [0.05, 0.1) is 30.1 Å². The minimum atomic E-state index is -4.96. The lowest BCUT2D eigenvalue weighted by molar-refractivity contribution is -0.142. The van der Waals surface area contributed by atoms with Crippen LogP contribution in [0.25, 0.3) is 11.3 Å². The predicted molar refractivity (Wildman–Crippen MR) is 159 cm³/mol. The lowest BCUT2D eigenvalue weighted by atomic mass is 10.1. The van der Waals surface area contributed by atoms with Crippen molar-refractivity contribution in [2.45, 2.75) is 51.6 Å². The normalized spacial score (nSPS) is 17.9. The molecule has 17 heteroatoms. The van der Waals surface area contributed by atoms with Crippen LogP contribution < -0.4 is 15.0 Å². The lowest BCUT2D eigenvalue weighted by Crippen LogP contribution is -2.47. The molecule has 2 aliphatic rings. The molecule has 1 amide bonds. The van der Waals surface area contributed by atoms with Crippen LogP contribution in [0, 0.1) is 0 Å². The van der Waals surface area contributed by atoms with Crippen molar-refractivity contribution in [3.05, 3.63) is 46.7 Å². The van der Waals surface area contributed by atoms with Crippen molar-refractivity contribution in [2.24, 2.45) is 0 Å². The summed E-state index contributed by atoms with van der Waals surface area (Å²) in [5.74, 6) is -1.89. The molecule has 1 atom stereocenters. The number of carbonyl (C=O) groups excluding carboxylic acids is 1. The van der Waals surface area contributed by atoms with Crippen molar-refractivity contribution in [3.8, 4) is 17.0 Å². The maximum Gasteiger partial charge on any atom is 0.419 e. The molecule has 0 unspecified atom stereocenters. The van der Waals surface area contributed by atoms with Crippen molar-refractivity contribution in [1.82, 2.24) is 24.8 Å². The number of thiazole rings is 1. The fraction of sp³-hybridized carbons (Fsp3) is 0.483. The number of carboxylic acids is 1. The molecule has 0 spiro atoms. The van der Waals surface area contributed by atoms with E-state index in [-0.39, 0.29) is 34.5 Å². The first-order valence-corrected chi connectivity index (χ1v) is 15.4. The molecule has 5 rings (SSSR count). The van der Waals surface area contributed by atoms with Crippen LogP contribution in [0.3, 0.4) is 0 Å². The van der Waals surface area contributed by atoms with Crippen LogP contribution in [0.15, 0.2) is 30.6 Å². The molecule has 0 radical (unpaired) electrons. The number of aliphatic carboxylic acids is 1. The van der Waals surface area contributed by atoms with Crippen molar-refractivity contribution in [1.29, 1.82) is 0 Å². The molecule has 248 valence electrons. The standard InChI is InChI=1S/C29H32F5N7O4S/c1-17-3-2-7-41(17)16-22-25(18-4-5-21(45-27(30)31)19(13-18)29(32,33)34)37-28(46-22)38-26(44)20-14-36-23(15-35-20)40-11-9-39(10-12-40)8-6-24(42)43/h4-5,13-15,17,27H,2-3,6-12,16H2,1H3,(H,42,43)(H,37,38,44)/t17-/m1/s1. The molecule has 2 fully saturated rings. The Balaban J connectivity index is 1.33. The minimum Gasteiger partial charge on any atom is -0.481 e. The molecule has 46 heavy (non-hydrogen) atoms. The smallest absolute Gasteiger partial charge is 0.419 e. The average Bonchev–Trinajstić information content (AvgIpc) is 3.61. The third-order valence-corrected chi connectivity index (χ3v) is 8.89. The molecule has 0 saturated carbocycles. The summed E-state index contributed by atoms with van der Waals surface area (Å²) in [6.45, 7) is 2.80. The van der Waals surface area contributed by atoms with Crippen LogP contribution >= 0.6 is 11.3 Å². The Kier molecular flexibility index (Phi) is 10.3. The Labute approximate surface area is 265 Å². The van der Waals surface area contributed by atoms with Gasteiger partial charge in [0.15, 0.2) is 5.13 Å². The number of aromatic nitrogens is 3. The third-order valence-electron chi connectivity index (χ3n) is 7.94. The van der Waals surface area contributed by atoms with Crippen LogP contribution in [0.1, 0.15) is 47.1 Å². The number of rotatable bonds is 11. The Morgan fingerprint density at radius 3 is 2.50 bits per heavy atom. The molecule has 2 N–H and O–H groups in total. The van der Waals surface area contributed by atoms with E-state index in [0.717, 1.165) is 42.9 Å². The highest BCUT2D eigenvalue weighted by molar-refractivity contribution is 7.16. The number of hydrogen-bond donors (Lipinski definition) is 2. The number of carboxylic acid groups (broad SMARTS) is 1. The highest BCUT2D eigenvalue weighted by Gasteiger charge is 2.36. The molecule has 0 bridgehead atoms. The van der Waals surface area contributed by atoms with Gasteiger partial charge in [0.2, 0.25) is 0 Å². The second kappa shape index (κ2) is 14.2. The number of alkyl halides is 5. The maximum atomic E-state index is 13.8. The monoisotopic (exact) mass is 669 g/mol. The molecule has 2 aromatic heterocycles. The summed E-state index contributed by atoms with van der Waals surface area (Å²) in [5.41, 5.74) is -1.12. The Bertz CT molecular complexity index is 1530. The van der Waals surface area contributed by atoms with Crippen LogP contribution in [-0.4, -0.2) is 93.7 Å². The zero-order chi connectivity index (χ0) is 33.0. The van der Waals surface area contributed by atoms with Crippen LogP contribution in [-0.2, 0) is 17.5 Å². The molecule has 1 aromatic carbocycles. The average molecular weight is 670 g/mol. The van der Waals surface area contributed by atoms with Gasteiger partial charge < -0.3 is 14.7 Å². The summed E-state index contributed by atoms with van der Waals surface area (Å²) in [7, 11) is 0. The Morgan fingerprint density at radius 1 is 1.13 bits per heavy atom. The SMILES string of the molecule is C[C@@H]1CCCN1Cc1sc(NC(=O)c2cnc(N3CCN(CCC(=O)O)CC3)cn2)nc1-c1ccc(OC(F)F)c(C(F)(F)F)c1. The first-order valence-electron chi connectivity index (χ1n) is 14.6. The summed E-state index contributed by atoms with van der Waals surface area (Å²) in [6.07, 6.45) is -0.177. The van der Waals surface area contributed by atoms with Crippen molar-refractivity contribution in [3.63, 3.8) is 0 Å². The number of benzene rings is 1. The van der Waals surface area contributed by atoms with Gasteiger partial charge in [0.1, 0.15) is 17.3 Å². The van der Waals surface area contributed by atoms with E-state index in [9.17, 15) is 31.5 Å². The molecule has 0 aliphatic carbocycles. The van der Waals surface area contributed by atoms with Gasteiger partial charge in [-0.3, -0.25) is 24.7 Å². The van der Waals surface area contributed by atoms with E-state index in [1.165, 1.54) is 18.5 Å². The first-order chi connectivity index (χ1) is 21.9. The van der Waals surface area contributed by atoms with E-state index >= 15 is 0 Å². The topological polar surface area (TPSA) is 124 Å². The van der Waals surface area contributed by atoms with E-state index in [4.69, 9.17) is 5.11 Å². The summed E-state index contributed by atoms with van der Waals surface area (Å²) in [4.78, 5) is 43.8. The van der Waals surface area contributed by atoms with Gasteiger partial charge in [0.25, 0.3) is 5.91 Å². The van der Waals surface area contributed by atoms with Gasteiger partial charge in [-0.05, 0) is 44.5 Å². The van der Waals surface area contributed by atoms with Gasteiger partial charge in [-0.1, -0.05) is 11.3 Å². The van der Waals surface area contributed by atoms with Gasteiger partial charge in [-0.2, -0.15) is 22.0 Å². The van der Waals surface area contributed by atoms with E-state index in [1.54, 1.807) is 0 Å². The lowest BCUT2D eigenvalue weighted by Gasteiger charge is -2.34. The molecular formula is C29H32F5N7O4S. The first kappa shape index (κ1) is 33.4. The molecule has 2 aliphatic heterocycles. The van der Waals surface area contributed by atoms with Crippen molar-refractivity contribution < 1.29 is 41.4 Å². The minimum absolute atomic E-state index is 0.00293. The fourth-order valence-corrected chi connectivity index (χ4v) is 6.47. The quantitative estimate of drug-likeness (QED) is 0.268. The highest BCUT2D eigenvalue weighted by Crippen LogP contribution is 2.41. The summed E-state index contributed by atoms with van der Waals surface area (Å²) < 4.78 is 71.2. The molecular weight excluding hydrogens is 637 g/mol. The van der Waals surface area contributed by atoms with Crippen LogP contribution in [0.2, 0.25) is 0 Å². The van der Waals surface area contributed by atoms with E-state index in [0.29, 0.717) is 50.0 Å². The molecule has 4 heterocycles. The van der Waals surface area contributed by atoms with Crippen molar-refractivity contribution in [2.75, 3.05) is 49.5 Å². The molecule has 3 aromatic rings. The largest absolute Gasteiger partial charge is 0.481 e. The number of piperazine rings is 1. The summed E-state index contributed by atoms with van der Waals surface area (Å²) in [5, 5.41) is 11.7. The van der Waals surface area contributed by atoms with Crippen LogP contribution in [0.5, 0.6) is 5.75 Å². The number of carbonyl (C=O) groups is 2. The number of nitrogens with zero attached hydrogens (tertiary/aromatic N) is 6. The Morgan fingerprint density at radius 2 is 1.89 bits per heavy atom. The maximum absolute atomic E-state index is 13.8. The Hall–Kier alpha value is -3.96. The second-order valence-corrected chi connectivity index (χ2v) is 12.1. The van der Waals surface area contributed by atoms with E-state index in [2.05, 4.69) is 41.7 Å². The molecule has 11 nitrogen and oxygen atoms in total. The number of amides is 1. The molecule has 2 saturated heterocycles. The number of hydrogen-bond acceptors (Lipinski definition) is 10. The number of likely N-dealkylation sites (tertiary alicyclic amines) is 1. The van der Waals surface area contributed by atoms with Gasteiger partial charge in [0, 0.05) is 55.8 Å². The predicted octanol–water partition coefficient (Wildman–Crippen LogP) is 5.05. The van der Waals surface area contributed by atoms with Crippen LogP contribution in [0.4, 0.5) is 32.9 Å². The van der Waals surface area contributed by atoms with Gasteiger partial charge in [-0.25, -0.2) is 15.0 Å². The second-order valence-electron chi connectivity index (χ2n) is 11.0.